The van der Waals surface area contributed by atoms with Gasteiger partial charge in [-0.1, -0.05) is 24.3 Å². The highest BCUT2D eigenvalue weighted by atomic mass is 35.5. The number of piperidine rings is 1. The van der Waals surface area contributed by atoms with Gasteiger partial charge < -0.3 is 21.3 Å². The molecule has 1 atom stereocenters. The van der Waals surface area contributed by atoms with Crippen LogP contribution in [0.1, 0.15) is 18.4 Å². The summed E-state index contributed by atoms with van der Waals surface area (Å²) in [7, 11) is 0. The normalized spacial score (nSPS) is 16.2. The first-order chi connectivity index (χ1) is 12.5. The van der Waals surface area contributed by atoms with Crippen LogP contribution in [-0.4, -0.2) is 29.9 Å². The molecular weight excluding hydrogens is 364 g/mol. The largest absolute Gasteiger partial charge is 0.397 e. The second kappa shape index (κ2) is 9.28. The summed E-state index contributed by atoms with van der Waals surface area (Å²) in [6, 6.07) is 14.7. The number of carbonyl (C=O) groups excluding carboxylic acids is 2. The molecule has 1 aliphatic heterocycles. The van der Waals surface area contributed by atoms with E-state index >= 15 is 0 Å². The van der Waals surface area contributed by atoms with Crippen LogP contribution in [0.2, 0.25) is 0 Å². The smallest absolute Gasteiger partial charge is 0.321 e. The quantitative estimate of drug-likeness (QED) is 0.697. The molecule has 3 rings (SSSR count). The first-order valence-corrected chi connectivity index (χ1v) is 8.81. The highest BCUT2D eigenvalue weighted by Gasteiger charge is 2.28. The van der Waals surface area contributed by atoms with Crippen LogP contribution in [-0.2, 0) is 4.79 Å². The van der Waals surface area contributed by atoms with E-state index < -0.39 is 0 Å². The number of amides is 3. The van der Waals surface area contributed by atoms with Gasteiger partial charge in [0.2, 0.25) is 5.91 Å². The van der Waals surface area contributed by atoms with Crippen molar-refractivity contribution in [3.63, 3.8) is 0 Å². The van der Waals surface area contributed by atoms with Crippen molar-refractivity contribution in [2.75, 3.05) is 29.5 Å². The maximum atomic E-state index is 12.6. The second-order valence-electron chi connectivity index (χ2n) is 6.66. The van der Waals surface area contributed by atoms with Gasteiger partial charge in [-0.05, 0) is 49.6 Å². The molecule has 3 amide bonds. The van der Waals surface area contributed by atoms with E-state index in [0.29, 0.717) is 24.5 Å². The molecule has 0 bridgehead atoms. The van der Waals surface area contributed by atoms with E-state index in [2.05, 4.69) is 10.6 Å². The van der Waals surface area contributed by atoms with Crippen molar-refractivity contribution in [3.8, 4) is 0 Å². The standard InChI is InChI=1S/C20H24N4O2.ClH/c1-14-6-4-8-16(12-14)22-20(26)24-11-5-7-15(13-24)19(25)23-18-10-3-2-9-17(18)21;/h2-4,6,8-10,12,15H,5,7,11,13,21H2,1H3,(H,22,26)(H,23,25);1H. The predicted molar refractivity (Wildman–Crippen MR) is 111 cm³/mol. The van der Waals surface area contributed by atoms with Gasteiger partial charge in [-0.25, -0.2) is 4.79 Å². The number of para-hydroxylation sites is 2. The summed E-state index contributed by atoms with van der Waals surface area (Å²) in [6.45, 7) is 3.03. The van der Waals surface area contributed by atoms with E-state index in [4.69, 9.17) is 5.73 Å². The Labute approximate surface area is 165 Å². The molecule has 144 valence electrons. The number of nitrogens with two attached hydrogens (primary N) is 1. The number of rotatable bonds is 3. The molecule has 1 aliphatic rings. The summed E-state index contributed by atoms with van der Waals surface area (Å²) in [5.74, 6) is -0.345. The maximum Gasteiger partial charge on any atom is 0.321 e. The number of anilines is 3. The van der Waals surface area contributed by atoms with Crippen molar-refractivity contribution < 1.29 is 9.59 Å². The molecule has 6 nitrogen and oxygen atoms in total. The molecule has 0 spiro atoms. The molecule has 0 aliphatic carbocycles. The van der Waals surface area contributed by atoms with Crippen molar-refractivity contribution in [1.82, 2.24) is 4.90 Å². The van der Waals surface area contributed by atoms with Gasteiger partial charge in [-0.3, -0.25) is 4.79 Å². The lowest BCUT2D eigenvalue weighted by atomic mass is 9.97. The molecule has 0 radical (unpaired) electrons. The van der Waals surface area contributed by atoms with E-state index in [0.717, 1.165) is 24.1 Å². The molecule has 27 heavy (non-hydrogen) atoms. The number of nitrogens with zero attached hydrogens (tertiary/aromatic N) is 1. The monoisotopic (exact) mass is 388 g/mol. The lowest BCUT2D eigenvalue weighted by Gasteiger charge is -2.32. The number of aryl methyl sites for hydroxylation is 1. The Bertz CT molecular complexity index is 812. The Morgan fingerprint density at radius 3 is 2.63 bits per heavy atom. The minimum Gasteiger partial charge on any atom is -0.397 e. The van der Waals surface area contributed by atoms with Crippen molar-refractivity contribution in [2.45, 2.75) is 19.8 Å². The Kier molecular flexibility index (Phi) is 7.07. The Balaban J connectivity index is 0.00000261. The van der Waals surface area contributed by atoms with E-state index in [1.807, 2.05) is 43.3 Å². The molecule has 0 aromatic heterocycles. The van der Waals surface area contributed by atoms with Crippen LogP contribution in [0, 0.1) is 12.8 Å². The number of urea groups is 1. The fourth-order valence-corrected chi connectivity index (χ4v) is 3.15. The molecule has 4 N–H and O–H groups in total. The summed E-state index contributed by atoms with van der Waals surface area (Å²) < 4.78 is 0. The SMILES string of the molecule is Cc1cccc(NC(=O)N2CCCC(C(=O)Nc3ccccc3N)C2)c1.Cl. The minimum atomic E-state index is -0.244. The minimum absolute atomic E-state index is 0. The first-order valence-electron chi connectivity index (χ1n) is 8.81. The number of likely N-dealkylation sites (tertiary alicyclic amines) is 1. The fourth-order valence-electron chi connectivity index (χ4n) is 3.15. The molecule has 1 unspecified atom stereocenters. The summed E-state index contributed by atoms with van der Waals surface area (Å²) in [5.41, 5.74) is 8.87. The topological polar surface area (TPSA) is 87.5 Å². The molecule has 1 fully saturated rings. The molecular formula is C20H25ClN4O2. The van der Waals surface area contributed by atoms with Gasteiger partial charge in [0.15, 0.2) is 0 Å². The highest BCUT2D eigenvalue weighted by Crippen LogP contribution is 2.22. The lowest BCUT2D eigenvalue weighted by Crippen LogP contribution is -2.45. The molecule has 2 aromatic carbocycles. The zero-order valence-electron chi connectivity index (χ0n) is 15.3. The van der Waals surface area contributed by atoms with Gasteiger partial charge in [0, 0.05) is 18.8 Å². The van der Waals surface area contributed by atoms with Crippen molar-refractivity contribution in [2.24, 2.45) is 5.92 Å². The van der Waals surface area contributed by atoms with Crippen LogP contribution in [0.4, 0.5) is 21.9 Å². The van der Waals surface area contributed by atoms with Gasteiger partial charge in [-0.2, -0.15) is 0 Å². The van der Waals surface area contributed by atoms with Gasteiger partial charge in [-0.15, -0.1) is 12.4 Å². The zero-order valence-corrected chi connectivity index (χ0v) is 16.1. The highest BCUT2D eigenvalue weighted by molar-refractivity contribution is 5.96. The molecule has 1 heterocycles. The fraction of sp³-hybridized carbons (Fsp3) is 0.300. The van der Waals surface area contributed by atoms with E-state index in [1.54, 1.807) is 17.0 Å². The van der Waals surface area contributed by atoms with Gasteiger partial charge >= 0.3 is 6.03 Å². The number of halogens is 1. The number of nitrogens with one attached hydrogen (secondary N) is 2. The number of benzene rings is 2. The van der Waals surface area contributed by atoms with E-state index in [1.165, 1.54) is 0 Å². The average Bonchev–Trinajstić information content (AvgIpc) is 2.63. The van der Waals surface area contributed by atoms with Gasteiger partial charge in [0.25, 0.3) is 0 Å². The van der Waals surface area contributed by atoms with Crippen LogP contribution in [0.3, 0.4) is 0 Å². The van der Waals surface area contributed by atoms with Crippen LogP contribution >= 0.6 is 12.4 Å². The number of hydrogen-bond donors (Lipinski definition) is 3. The van der Waals surface area contributed by atoms with Crippen molar-refractivity contribution in [3.05, 3.63) is 54.1 Å². The lowest BCUT2D eigenvalue weighted by molar-refractivity contribution is -0.121. The van der Waals surface area contributed by atoms with Crippen molar-refractivity contribution in [1.29, 1.82) is 0 Å². The molecule has 1 saturated heterocycles. The number of nitrogen functional groups attached to an aromatic ring is 1. The molecule has 7 heteroatoms. The van der Waals surface area contributed by atoms with Crippen LogP contribution in [0.5, 0.6) is 0 Å². The Morgan fingerprint density at radius 1 is 1.11 bits per heavy atom. The zero-order chi connectivity index (χ0) is 18.5. The number of hydrogen-bond acceptors (Lipinski definition) is 3. The van der Waals surface area contributed by atoms with Gasteiger partial charge in [0.05, 0.1) is 17.3 Å². The summed E-state index contributed by atoms with van der Waals surface area (Å²) >= 11 is 0. The molecule has 0 saturated carbocycles. The van der Waals surface area contributed by atoms with Crippen LogP contribution in [0.15, 0.2) is 48.5 Å². The van der Waals surface area contributed by atoms with Gasteiger partial charge in [0.1, 0.15) is 0 Å². The summed E-state index contributed by atoms with van der Waals surface area (Å²) in [6.07, 6.45) is 1.55. The molecule has 2 aromatic rings. The Hall–Kier alpha value is -2.73. The average molecular weight is 389 g/mol. The number of carbonyl (C=O) groups is 2. The summed E-state index contributed by atoms with van der Waals surface area (Å²) in [4.78, 5) is 26.8. The third-order valence-corrected chi connectivity index (χ3v) is 4.57. The third kappa shape index (κ3) is 5.37. The predicted octanol–water partition coefficient (Wildman–Crippen LogP) is 3.88. The summed E-state index contributed by atoms with van der Waals surface area (Å²) in [5, 5.41) is 5.78. The third-order valence-electron chi connectivity index (χ3n) is 4.57. The van der Waals surface area contributed by atoms with E-state index in [-0.39, 0.29) is 30.3 Å². The van der Waals surface area contributed by atoms with Crippen LogP contribution in [0.25, 0.3) is 0 Å². The van der Waals surface area contributed by atoms with Crippen LogP contribution < -0.4 is 16.4 Å². The Morgan fingerprint density at radius 2 is 1.89 bits per heavy atom. The van der Waals surface area contributed by atoms with E-state index in [9.17, 15) is 9.59 Å². The first kappa shape index (κ1) is 20.6. The van der Waals surface area contributed by atoms with Crippen molar-refractivity contribution >= 4 is 41.4 Å². The second-order valence-corrected chi connectivity index (χ2v) is 6.66. The maximum absolute atomic E-state index is 12.6.